The van der Waals surface area contributed by atoms with Crippen LogP contribution in [0.15, 0.2) is 190 Å². The molecule has 0 spiro atoms. The third kappa shape index (κ3) is 14.1. The third-order valence-corrected chi connectivity index (χ3v) is 14.6. The first-order valence-electron chi connectivity index (χ1n) is 26.8. The van der Waals surface area contributed by atoms with Crippen molar-refractivity contribution in [2.45, 2.75) is 51.0 Å². The smallest absolute Gasteiger partial charge is 0.258 e. The number of aliphatic hydroxyl groups is 1. The summed E-state index contributed by atoms with van der Waals surface area (Å²) >= 11 is 3.52. The molecule has 4 N–H and O–H groups in total. The molecular weight excluding hydrogens is 1080 g/mol. The molecule has 0 bridgehead atoms. The zero-order valence-corrected chi connectivity index (χ0v) is 48.6. The highest BCUT2D eigenvalue weighted by Gasteiger charge is 2.20. The molecule has 13 nitrogen and oxygen atoms in total. The predicted molar refractivity (Wildman–Crippen MR) is 333 cm³/mol. The van der Waals surface area contributed by atoms with Crippen molar-refractivity contribution < 1.29 is 24.1 Å². The quantitative estimate of drug-likeness (QED) is 0.0668. The Bertz CT molecular complexity index is 3770. The summed E-state index contributed by atoms with van der Waals surface area (Å²) in [7, 11) is 10.2. The molecule has 0 aliphatic carbocycles. The van der Waals surface area contributed by atoms with E-state index in [1.807, 2.05) is 141 Å². The van der Waals surface area contributed by atoms with Gasteiger partial charge in [0.2, 0.25) is 5.91 Å². The number of benzene rings is 7. The van der Waals surface area contributed by atoms with Crippen LogP contribution in [0.2, 0.25) is 0 Å². The molecule has 0 atom stereocenters. The molecule has 0 radical (unpaired) electrons. The number of halogens is 1. The van der Waals surface area contributed by atoms with Gasteiger partial charge in [-0.3, -0.25) is 19.2 Å². The van der Waals surface area contributed by atoms with Crippen molar-refractivity contribution in [1.82, 2.24) is 19.0 Å². The second-order valence-corrected chi connectivity index (χ2v) is 19.6. The Morgan fingerprint density at radius 3 is 1.22 bits per heavy atom. The number of carbonyl (C=O) groups is 1. The van der Waals surface area contributed by atoms with Crippen LogP contribution in [0.5, 0.6) is 17.2 Å². The number of carbonyl (C=O) groups excluding carboxylic acids is 1. The third-order valence-electron chi connectivity index (χ3n) is 14.1. The lowest BCUT2D eigenvalue weighted by Crippen LogP contribution is -2.29. The lowest BCUT2D eigenvalue weighted by molar-refractivity contribution is -0.121. The summed E-state index contributed by atoms with van der Waals surface area (Å²) < 4.78 is 21.1. The van der Waals surface area contributed by atoms with E-state index in [0.717, 1.165) is 97.4 Å². The van der Waals surface area contributed by atoms with Crippen LogP contribution in [0.4, 0.5) is 0 Å². The Balaban J connectivity index is 0.000000177. The van der Waals surface area contributed by atoms with Crippen molar-refractivity contribution in [1.29, 1.82) is 0 Å². The number of amides is 1. The Morgan fingerprint density at radius 1 is 0.506 bits per heavy atom. The van der Waals surface area contributed by atoms with Crippen LogP contribution in [0.1, 0.15) is 48.8 Å². The lowest BCUT2D eigenvalue weighted by Gasteiger charge is -2.18. The standard InChI is InChI=1S/C29H30N2O3.C18H16BrNO2.C18H18N2O2.C2H6O/c1-31-26(20-30-27(32)16-10-9-13-21-11-5-3-6-12-21)28(22-14-7-4-8-15-22)25-19-23(34-2)17-18-24(25)29(31)33;2*1-20-16(11-19)17(12-6-4-3-5-7-12)15-10-13(22-2)8-9-14(15)18(20)21;1-2-3/h3-8,11-12,14-15,17-19H,9-10,13,16,20H2,1-2H3,(H,30,32);3-10H,11H2,1-2H3;3-10H,11,19H2,1-2H3;3H,2H2,1H3. The maximum atomic E-state index is 13.1. The minimum Gasteiger partial charge on any atom is -0.497 e. The number of aryl methyl sites for hydroxylation is 1. The molecular formula is C67H70BrN5O8. The molecule has 81 heavy (non-hydrogen) atoms. The minimum atomic E-state index is -0.0931. The first-order valence-corrected chi connectivity index (χ1v) is 27.9. The van der Waals surface area contributed by atoms with Gasteiger partial charge in [-0.15, -0.1) is 0 Å². The van der Waals surface area contributed by atoms with E-state index in [1.54, 1.807) is 74.2 Å². The number of aliphatic hydroxyl groups excluding tert-OH is 1. The Labute approximate surface area is 481 Å². The molecule has 0 saturated carbocycles. The molecule has 418 valence electrons. The summed E-state index contributed by atoms with van der Waals surface area (Å²) in [6.07, 6.45) is 3.21. The van der Waals surface area contributed by atoms with Crippen molar-refractivity contribution in [3.05, 3.63) is 230 Å². The average Bonchev–Trinajstić information content (AvgIpc) is 3.66. The SMILES string of the molecule is CCO.COc1ccc2c(=O)n(C)c(CBr)c(-c3ccccc3)c2c1.COc1ccc2c(=O)n(C)c(CN)c(-c3ccccc3)c2c1.COc1ccc2c(=O)n(C)c(CNC(=O)CCCCc3ccccc3)c(-c3ccccc3)c2c1. The lowest BCUT2D eigenvalue weighted by atomic mass is 9.96. The highest BCUT2D eigenvalue weighted by atomic mass is 79.9. The predicted octanol–water partition coefficient (Wildman–Crippen LogP) is 12.0. The summed E-state index contributed by atoms with van der Waals surface area (Å²) in [4.78, 5) is 50.9. The highest BCUT2D eigenvalue weighted by Crippen LogP contribution is 2.36. The summed E-state index contributed by atoms with van der Waals surface area (Å²) in [6.45, 7) is 2.50. The van der Waals surface area contributed by atoms with Crippen molar-refractivity contribution in [3.63, 3.8) is 0 Å². The molecule has 1 amide bonds. The molecule has 10 rings (SSSR count). The van der Waals surface area contributed by atoms with Gasteiger partial charge in [0.1, 0.15) is 17.2 Å². The number of rotatable bonds is 15. The number of methoxy groups -OCH3 is 3. The Kier molecular flexibility index (Phi) is 21.6. The molecule has 14 heteroatoms. The number of hydrogen-bond donors (Lipinski definition) is 3. The van der Waals surface area contributed by atoms with Crippen LogP contribution in [0, 0.1) is 0 Å². The van der Waals surface area contributed by atoms with Gasteiger partial charge in [-0.25, -0.2) is 0 Å². The molecule has 0 unspecified atom stereocenters. The molecule has 3 heterocycles. The van der Waals surface area contributed by atoms with Crippen molar-refractivity contribution in [2.24, 2.45) is 26.9 Å². The second-order valence-electron chi connectivity index (χ2n) is 19.0. The maximum Gasteiger partial charge on any atom is 0.258 e. The van der Waals surface area contributed by atoms with E-state index < -0.39 is 0 Å². The van der Waals surface area contributed by atoms with Gasteiger partial charge in [-0.05, 0) is 103 Å². The Hall–Kier alpha value is -8.56. The van der Waals surface area contributed by atoms with Crippen molar-refractivity contribution in [3.8, 4) is 50.6 Å². The summed E-state index contributed by atoms with van der Waals surface area (Å²) in [6, 6.07) is 57.0. The average molecular weight is 1150 g/mol. The number of nitrogens with two attached hydrogens (primary N) is 1. The van der Waals surface area contributed by atoms with E-state index in [2.05, 4.69) is 45.5 Å². The first-order chi connectivity index (χ1) is 39.3. The second kappa shape index (κ2) is 29.1. The largest absolute Gasteiger partial charge is 0.497 e. The number of alkyl halides is 1. The number of nitrogens with zero attached hydrogens (tertiary/aromatic N) is 3. The normalized spacial score (nSPS) is 10.7. The first kappa shape index (κ1) is 60.1. The van der Waals surface area contributed by atoms with Crippen LogP contribution in [0.25, 0.3) is 65.7 Å². The van der Waals surface area contributed by atoms with E-state index in [4.69, 9.17) is 25.1 Å². The number of fused-ring (bicyclic) bond motifs is 3. The fourth-order valence-electron chi connectivity index (χ4n) is 9.92. The van der Waals surface area contributed by atoms with Crippen LogP contribution in [-0.4, -0.2) is 52.7 Å². The Morgan fingerprint density at radius 2 is 0.852 bits per heavy atom. The van der Waals surface area contributed by atoms with E-state index in [-0.39, 0.29) is 35.7 Å². The van der Waals surface area contributed by atoms with Crippen LogP contribution in [0.3, 0.4) is 0 Å². The van der Waals surface area contributed by atoms with Gasteiger partial charge < -0.3 is 44.1 Å². The number of aromatic nitrogens is 3. The monoisotopic (exact) mass is 1150 g/mol. The molecule has 0 aliphatic rings. The van der Waals surface area contributed by atoms with Crippen LogP contribution in [-0.2, 0) is 50.8 Å². The van der Waals surface area contributed by atoms with Gasteiger partial charge in [0, 0.05) is 112 Å². The molecule has 7 aromatic carbocycles. The maximum absolute atomic E-state index is 13.1. The van der Waals surface area contributed by atoms with E-state index >= 15 is 0 Å². The zero-order valence-electron chi connectivity index (χ0n) is 47.0. The molecule has 0 aliphatic heterocycles. The topological polar surface area (TPSA) is 169 Å². The fourth-order valence-corrected chi connectivity index (χ4v) is 10.6. The number of nitrogens with one attached hydrogen (secondary N) is 1. The van der Waals surface area contributed by atoms with E-state index in [1.165, 1.54) is 5.56 Å². The summed E-state index contributed by atoms with van der Waals surface area (Å²) in [5.41, 5.74) is 15.7. The van der Waals surface area contributed by atoms with Gasteiger partial charge in [-0.1, -0.05) is 137 Å². The molecule has 0 fully saturated rings. The van der Waals surface area contributed by atoms with Gasteiger partial charge in [0.25, 0.3) is 16.7 Å². The molecule has 3 aromatic heterocycles. The summed E-state index contributed by atoms with van der Waals surface area (Å²) in [5.74, 6) is 2.15. The number of ether oxygens (including phenoxy) is 3. The summed E-state index contributed by atoms with van der Waals surface area (Å²) in [5, 5.41) is 15.8. The number of pyridine rings is 3. The number of unbranched alkanes of at least 4 members (excludes halogenated alkanes) is 1. The van der Waals surface area contributed by atoms with Crippen molar-refractivity contribution in [2.75, 3.05) is 27.9 Å². The van der Waals surface area contributed by atoms with E-state index in [0.29, 0.717) is 40.2 Å². The van der Waals surface area contributed by atoms with Gasteiger partial charge in [0.05, 0.1) is 27.9 Å². The molecule has 0 saturated heterocycles. The van der Waals surface area contributed by atoms with Gasteiger partial charge in [-0.2, -0.15) is 0 Å². The highest BCUT2D eigenvalue weighted by molar-refractivity contribution is 9.08. The van der Waals surface area contributed by atoms with Gasteiger partial charge in [0.15, 0.2) is 0 Å². The van der Waals surface area contributed by atoms with Crippen molar-refractivity contribution >= 4 is 54.2 Å². The number of hydrogen-bond acceptors (Lipinski definition) is 9. The van der Waals surface area contributed by atoms with Gasteiger partial charge >= 0.3 is 0 Å². The van der Waals surface area contributed by atoms with Crippen LogP contribution >= 0.6 is 15.9 Å². The minimum absolute atomic E-state index is 0.00628. The molecule has 10 aromatic rings. The zero-order chi connectivity index (χ0) is 58.0. The van der Waals surface area contributed by atoms with E-state index in [9.17, 15) is 19.2 Å². The fraction of sp³-hybridized carbons (Fsp3) is 0.224. The van der Waals surface area contributed by atoms with Crippen LogP contribution < -0.4 is 41.9 Å².